The van der Waals surface area contributed by atoms with E-state index in [1.807, 2.05) is 6.92 Å². The van der Waals surface area contributed by atoms with Crippen molar-refractivity contribution in [2.45, 2.75) is 28.5 Å². The lowest BCUT2D eigenvalue weighted by Crippen LogP contribution is -2.27. The number of nitrogens with one attached hydrogen (secondary N) is 2. The number of fused-ring (bicyclic) bond motifs is 1. The van der Waals surface area contributed by atoms with Gasteiger partial charge in [0.05, 0.1) is 28.1 Å². The molecule has 2 aromatic rings. The lowest BCUT2D eigenvalue weighted by atomic mass is 10.3. The Balaban J connectivity index is 1.81. The van der Waals surface area contributed by atoms with Crippen molar-refractivity contribution in [2.75, 3.05) is 5.32 Å². The average Bonchev–Trinajstić information content (AvgIpc) is 2.55. The second kappa shape index (κ2) is 6.31. The van der Waals surface area contributed by atoms with E-state index in [0.717, 1.165) is 4.90 Å². The van der Waals surface area contributed by atoms with Crippen LogP contribution in [-0.2, 0) is 21.4 Å². The maximum atomic E-state index is 12.4. The summed E-state index contributed by atoms with van der Waals surface area (Å²) in [5, 5.41) is 2.54. The van der Waals surface area contributed by atoms with E-state index >= 15 is 0 Å². The molecule has 0 fully saturated rings. The number of benzene rings is 1. The zero-order valence-corrected chi connectivity index (χ0v) is 13.9. The summed E-state index contributed by atoms with van der Waals surface area (Å²) in [4.78, 5) is 16.8. The molecule has 1 aliphatic heterocycles. The number of rotatable bonds is 4. The van der Waals surface area contributed by atoms with Crippen molar-refractivity contribution in [1.82, 2.24) is 9.71 Å². The first-order chi connectivity index (χ1) is 11.0. The van der Waals surface area contributed by atoms with Gasteiger partial charge in [-0.1, -0.05) is 6.07 Å². The number of amides is 1. The fourth-order valence-electron chi connectivity index (χ4n) is 2.11. The predicted molar refractivity (Wildman–Crippen MR) is 88.7 cm³/mol. The third kappa shape index (κ3) is 3.54. The molecule has 1 aromatic carbocycles. The van der Waals surface area contributed by atoms with Gasteiger partial charge in [-0.3, -0.25) is 9.78 Å². The van der Waals surface area contributed by atoms with Gasteiger partial charge in [0.2, 0.25) is 15.9 Å². The largest absolute Gasteiger partial charge is 0.324 e. The number of thioether (sulfide) groups is 1. The standard InChI is InChI=1S/C15H15N3O3S2/c1-10-15(19)18-13-8-12(5-6-14(13)22-10)23(20,21)17-9-11-4-2-3-7-16-11/h2-8,10,17H,9H2,1H3,(H,18,19). The summed E-state index contributed by atoms with van der Waals surface area (Å²) in [5.41, 5.74) is 1.16. The Bertz CT molecular complexity index is 838. The van der Waals surface area contributed by atoms with Gasteiger partial charge in [0, 0.05) is 11.1 Å². The van der Waals surface area contributed by atoms with Gasteiger partial charge < -0.3 is 5.32 Å². The highest BCUT2D eigenvalue weighted by Crippen LogP contribution is 2.36. The molecule has 1 aliphatic rings. The first-order valence-electron chi connectivity index (χ1n) is 6.97. The van der Waals surface area contributed by atoms with Crippen molar-refractivity contribution < 1.29 is 13.2 Å². The summed E-state index contributed by atoms with van der Waals surface area (Å²) in [6, 6.07) is 10.0. The smallest absolute Gasteiger partial charge is 0.240 e. The summed E-state index contributed by atoms with van der Waals surface area (Å²) in [6.45, 7) is 1.92. The molecule has 0 radical (unpaired) electrons. The van der Waals surface area contributed by atoms with Gasteiger partial charge in [-0.25, -0.2) is 13.1 Å². The van der Waals surface area contributed by atoms with E-state index < -0.39 is 10.0 Å². The maximum absolute atomic E-state index is 12.4. The monoisotopic (exact) mass is 349 g/mol. The number of carbonyl (C=O) groups is 1. The first-order valence-corrected chi connectivity index (χ1v) is 9.33. The number of nitrogens with zero attached hydrogens (tertiary/aromatic N) is 1. The molecule has 23 heavy (non-hydrogen) atoms. The second-order valence-electron chi connectivity index (χ2n) is 5.05. The molecule has 1 aromatic heterocycles. The summed E-state index contributed by atoms with van der Waals surface area (Å²) < 4.78 is 27.3. The molecule has 0 aliphatic carbocycles. The Kier molecular flexibility index (Phi) is 4.38. The number of pyridine rings is 1. The summed E-state index contributed by atoms with van der Waals surface area (Å²) >= 11 is 1.41. The Hall–Kier alpha value is -1.90. The molecule has 8 heteroatoms. The van der Waals surface area contributed by atoms with Crippen molar-refractivity contribution in [3.63, 3.8) is 0 Å². The Labute approximate surface area is 138 Å². The molecular formula is C15H15N3O3S2. The molecule has 0 bridgehead atoms. The van der Waals surface area contributed by atoms with E-state index in [1.54, 1.807) is 30.5 Å². The first kappa shape index (κ1) is 16.0. The van der Waals surface area contributed by atoms with Crippen LogP contribution in [0.2, 0.25) is 0 Å². The minimum absolute atomic E-state index is 0.110. The van der Waals surface area contributed by atoms with Gasteiger partial charge >= 0.3 is 0 Å². The normalized spacial score (nSPS) is 17.4. The van der Waals surface area contributed by atoms with Crippen LogP contribution >= 0.6 is 11.8 Å². The Morgan fingerprint density at radius 1 is 1.30 bits per heavy atom. The third-order valence-corrected chi connectivity index (χ3v) is 5.94. The van der Waals surface area contributed by atoms with Crippen LogP contribution in [0.1, 0.15) is 12.6 Å². The Morgan fingerprint density at radius 3 is 2.87 bits per heavy atom. The molecule has 0 saturated heterocycles. The highest BCUT2D eigenvalue weighted by atomic mass is 32.2. The van der Waals surface area contributed by atoms with E-state index in [9.17, 15) is 13.2 Å². The van der Waals surface area contributed by atoms with Crippen LogP contribution in [0.15, 0.2) is 52.4 Å². The topological polar surface area (TPSA) is 88.2 Å². The van der Waals surface area contributed by atoms with Gasteiger partial charge in [0.25, 0.3) is 0 Å². The predicted octanol–water partition coefficient (Wildman–Crippen LogP) is 1.99. The van der Waals surface area contributed by atoms with E-state index in [4.69, 9.17) is 0 Å². The number of aromatic nitrogens is 1. The van der Waals surface area contributed by atoms with E-state index in [0.29, 0.717) is 11.4 Å². The van der Waals surface area contributed by atoms with Crippen molar-refractivity contribution in [1.29, 1.82) is 0 Å². The highest BCUT2D eigenvalue weighted by Gasteiger charge is 2.25. The quantitative estimate of drug-likeness (QED) is 0.881. The lowest BCUT2D eigenvalue weighted by Gasteiger charge is -2.21. The Morgan fingerprint density at radius 2 is 2.13 bits per heavy atom. The van der Waals surface area contributed by atoms with Crippen LogP contribution in [0.25, 0.3) is 0 Å². The van der Waals surface area contributed by atoms with Crippen LogP contribution in [0.5, 0.6) is 0 Å². The van der Waals surface area contributed by atoms with Crippen molar-refractivity contribution in [3.05, 3.63) is 48.3 Å². The van der Waals surface area contributed by atoms with Crippen LogP contribution < -0.4 is 10.0 Å². The van der Waals surface area contributed by atoms with Crippen LogP contribution in [-0.4, -0.2) is 24.6 Å². The third-order valence-electron chi connectivity index (χ3n) is 3.36. The molecule has 0 saturated carbocycles. The van der Waals surface area contributed by atoms with Crippen molar-refractivity contribution in [3.8, 4) is 0 Å². The van der Waals surface area contributed by atoms with Gasteiger partial charge in [0.15, 0.2) is 0 Å². The van der Waals surface area contributed by atoms with Crippen LogP contribution in [0.3, 0.4) is 0 Å². The molecule has 0 spiro atoms. The van der Waals surface area contributed by atoms with Crippen LogP contribution in [0, 0.1) is 0 Å². The molecule has 2 N–H and O–H groups in total. The summed E-state index contributed by atoms with van der Waals surface area (Å²) in [7, 11) is -3.67. The highest BCUT2D eigenvalue weighted by molar-refractivity contribution is 8.01. The fraction of sp³-hybridized carbons (Fsp3) is 0.200. The second-order valence-corrected chi connectivity index (χ2v) is 8.20. The zero-order chi connectivity index (χ0) is 16.4. The number of carbonyl (C=O) groups excluding carboxylic acids is 1. The van der Waals surface area contributed by atoms with Gasteiger partial charge in [-0.15, -0.1) is 11.8 Å². The molecule has 2 heterocycles. The molecule has 1 amide bonds. The number of hydrogen-bond donors (Lipinski definition) is 2. The molecule has 3 rings (SSSR count). The lowest BCUT2D eigenvalue weighted by molar-refractivity contribution is -0.115. The van der Waals surface area contributed by atoms with Gasteiger partial charge in [-0.2, -0.15) is 0 Å². The summed E-state index contributed by atoms with van der Waals surface area (Å²) in [5.74, 6) is -0.126. The molecule has 1 unspecified atom stereocenters. The zero-order valence-electron chi connectivity index (χ0n) is 12.3. The maximum Gasteiger partial charge on any atom is 0.240 e. The number of hydrogen-bond acceptors (Lipinski definition) is 5. The fourth-order valence-corrected chi connectivity index (χ4v) is 4.07. The van der Waals surface area contributed by atoms with Gasteiger partial charge in [-0.05, 0) is 37.3 Å². The van der Waals surface area contributed by atoms with E-state index in [1.165, 1.54) is 23.9 Å². The number of sulfonamides is 1. The number of anilines is 1. The summed E-state index contributed by atoms with van der Waals surface area (Å²) in [6.07, 6.45) is 1.61. The van der Waals surface area contributed by atoms with Crippen molar-refractivity contribution >= 4 is 33.4 Å². The molecular weight excluding hydrogens is 334 g/mol. The molecule has 1 atom stereocenters. The molecule has 6 nitrogen and oxygen atoms in total. The SMILES string of the molecule is CC1Sc2ccc(S(=O)(=O)NCc3ccccn3)cc2NC1=O. The minimum Gasteiger partial charge on any atom is -0.324 e. The average molecular weight is 349 g/mol. The van der Waals surface area contributed by atoms with Gasteiger partial charge in [0.1, 0.15) is 0 Å². The minimum atomic E-state index is -3.67. The van der Waals surface area contributed by atoms with E-state index in [2.05, 4.69) is 15.0 Å². The van der Waals surface area contributed by atoms with E-state index in [-0.39, 0.29) is 22.6 Å². The van der Waals surface area contributed by atoms with Crippen molar-refractivity contribution in [2.24, 2.45) is 0 Å². The van der Waals surface area contributed by atoms with Crippen LogP contribution in [0.4, 0.5) is 5.69 Å². The molecule has 120 valence electrons.